The van der Waals surface area contributed by atoms with Gasteiger partial charge in [0.1, 0.15) is 0 Å². The van der Waals surface area contributed by atoms with Gasteiger partial charge in [-0.3, -0.25) is 0 Å². The molecule has 6 heteroatoms. The Morgan fingerprint density at radius 1 is 0.933 bits per heavy atom. The van der Waals surface area contributed by atoms with Crippen LogP contribution in [0.2, 0.25) is 0 Å². The van der Waals surface area contributed by atoms with E-state index in [1.54, 1.807) is 0 Å². The van der Waals surface area contributed by atoms with Gasteiger partial charge in [-0.1, -0.05) is 0 Å². The molecular formula is C9H8O6. The molecule has 6 nitrogen and oxygen atoms in total. The Balaban J connectivity index is 3.32. The highest BCUT2D eigenvalue weighted by Gasteiger charge is 2.13. The molecule has 0 aliphatic heterocycles. The van der Waals surface area contributed by atoms with Gasteiger partial charge in [0, 0.05) is 5.56 Å². The highest BCUT2D eigenvalue weighted by atomic mass is 16.5. The van der Waals surface area contributed by atoms with Crippen molar-refractivity contribution in [3.63, 3.8) is 0 Å². The fraction of sp³-hybridized carbons (Fsp3) is 0.111. The van der Waals surface area contributed by atoms with Crippen LogP contribution in [0.5, 0.6) is 0 Å². The number of carboxylic acid groups (broad SMARTS) is 2. The minimum Gasteiger partial charge on any atom is -0.478 e. The molecule has 0 heterocycles. The van der Waals surface area contributed by atoms with Crippen LogP contribution in [-0.2, 0) is 0 Å². The predicted octanol–water partition coefficient (Wildman–Crippen LogP) is 0.0662. The van der Waals surface area contributed by atoms with E-state index in [0.29, 0.717) is 0 Å². The number of benzene rings is 1. The van der Waals surface area contributed by atoms with E-state index < -0.39 is 18.2 Å². The summed E-state index contributed by atoms with van der Waals surface area (Å²) >= 11 is 0. The fourth-order valence-corrected chi connectivity index (χ4v) is 1.05. The number of carbonyl (C=O) groups is 2. The van der Waals surface area contributed by atoms with Crippen LogP contribution < -0.4 is 0 Å². The quantitative estimate of drug-likeness (QED) is 0.527. The van der Waals surface area contributed by atoms with Gasteiger partial charge in [-0.15, -0.1) is 0 Å². The monoisotopic (exact) mass is 212 g/mol. The zero-order valence-electron chi connectivity index (χ0n) is 7.41. The van der Waals surface area contributed by atoms with Crippen molar-refractivity contribution in [2.24, 2.45) is 0 Å². The van der Waals surface area contributed by atoms with Gasteiger partial charge in [-0.25, -0.2) is 9.59 Å². The molecule has 1 rings (SSSR count). The number of aliphatic hydroxyl groups is 2. The van der Waals surface area contributed by atoms with Gasteiger partial charge < -0.3 is 20.4 Å². The first-order valence-electron chi connectivity index (χ1n) is 3.89. The van der Waals surface area contributed by atoms with Gasteiger partial charge >= 0.3 is 11.9 Å². The van der Waals surface area contributed by atoms with Gasteiger partial charge in [0.05, 0.1) is 11.1 Å². The van der Waals surface area contributed by atoms with Crippen molar-refractivity contribution in [2.75, 3.05) is 0 Å². The molecule has 0 unspecified atom stereocenters. The molecule has 1 aromatic rings. The Hall–Kier alpha value is -1.92. The number of carboxylic acids is 2. The average molecular weight is 212 g/mol. The minimum atomic E-state index is -1.90. The first-order chi connectivity index (χ1) is 6.91. The molecule has 15 heavy (non-hydrogen) atoms. The van der Waals surface area contributed by atoms with E-state index in [-0.39, 0.29) is 16.7 Å². The third-order valence-electron chi connectivity index (χ3n) is 1.75. The minimum absolute atomic E-state index is 0.174. The first-order valence-corrected chi connectivity index (χ1v) is 3.89. The Morgan fingerprint density at radius 2 is 1.33 bits per heavy atom. The molecule has 0 aliphatic carbocycles. The molecule has 0 atom stereocenters. The number of aromatic carboxylic acids is 2. The maximum atomic E-state index is 10.6. The molecule has 0 spiro atoms. The highest BCUT2D eigenvalue weighted by molar-refractivity contribution is 5.94. The number of hydrogen-bond acceptors (Lipinski definition) is 4. The van der Waals surface area contributed by atoms with Crippen molar-refractivity contribution in [1.82, 2.24) is 0 Å². The van der Waals surface area contributed by atoms with Gasteiger partial charge in [-0.05, 0) is 18.2 Å². The lowest BCUT2D eigenvalue weighted by Crippen LogP contribution is -2.06. The van der Waals surface area contributed by atoms with Crippen molar-refractivity contribution < 1.29 is 30.0 Å². The van der Waals surface area contributed by atoms with E-state index in [2.05, 4.69) is 0 Å². The van der Waals surface area contributed by atoms with Gasteiger partial charge in [0.2, 0.25) is 0 Å². The molecule has 0 aromatic heterocycles. The van der Waals surface area contributed by atoms with Crippen LogP contribution in [0, 0.1) is 0 Å². The normalized spacial score (nSPS) is 10.3. The fourth-order valence-electron chi connectivity index (χ4n) is 1.05. The molecule has 0 fully saturated rings. The molecule has 0 bridgehead atoms. The van der Waals surface area contributed by atoms with Crippen LogP contribution in [-0.4, -0.2) is 32.4 Å². The molecule has 1 aromatic carbocycles. The first kappa shape index (κ1) is 11.2. The largest absolute Gasteiger partial charge is 0.478 e. The van der Waals surface area contributed by atoms with Crippen molar-refractivity contribution in [3.8, 4) is 0 Å². The number of hydrogen-bond donors (Lipinski definition) is 4. The summed E-state index contributed by atoms with van der Waals surface area (Å²) in [6.07, 6.45) is -1.90. The summed E-state index contributed by atoms with van der Waals surface area (Å²) in [6.45, 7) is 0. The van der Waals surface area contributed by atoms with Crippen molar-refractivity contribution in [1.29, 1.82) is 0 Å². The van der Waals surface area contributed by atoms with Crippen LogP contribution in [0.15, 0.2) is 18.2 Å². The maximum absolute atomic E-state index is 10.6. The summed E-state index contributed by atoms with van der Waals surface area (Å²) in [5.41, 5.74) is -0.789. The van der Waals surface area contributed by atoms with Crippen LogP contribution in [0.1, 0.15) is 32.6 Å². The lowest BCUT2D eigenvalue weighted by Gasteiger charge is -2.06. The van der Waals surface area contributed by atoms with E-state index in [1.165, 1.54) is 0 Å². The number of rotatable bonds is 3. The van der Waals surface area contributed by atoms with Crippen molar-refractivity contribution >= 4 is 11.9 Å². The Labute approximate surface area is 84.0 Å². The van der Waals surface area contributed by atoms with E-state index in [1.807, 2.05) is 0 Å². The SMILES string of the molecule is O=C(O)c1cc(C(=O)O)cc(C(O)O)c1. The molecule has 0 amide bonds. The smallest absolute Gasteiger partial charge is 0.335 e. The van der Waals surface area contributed by atoms with Crippen LogP contribution >= 0.6 is 0 Å². The highest BCUT2D eigenvalue weighted by Crippen LogP contribution is 2.16. The summed E-state index contributed by atoms with van der Waals surface area (Å²) in [5.74, 6) is -2.67. The number of aliphatic hydroxyl groups excluding tert-OH is 1. The van der Waals surface area contributed by atoms with Crippen LogP contribution in [0.4, 0.5) is 0 Å². The van der Waals surface area contributed by atoms with E-state index in [9.17, 15) is 9.59 Å². The summed E-state index contributed by atoms with van der Waals surface area (Å²) in [4.78, 5) is 21.2. The standard InChI is InChI=1S/C9H8O6/c10-7(11)4-1-5(8(12)13)3-6(2-4)9(14)15/h1-3,7,10-11H,(H,12,13)(H,14,15). The molecular weight excluding hydrogens is 204 g/mol. The van der Waals surface area contributed by atoms with Crippen LogP contribution in [0.3, 0.4) is 0 Å². The van der Waals surface area contributed by atoms with Crippen LogP contribution in [0.25, 0.3) is 0 Å². The third-order valence-corrected chi connectivity index (χ3v) is 1.75. The predicted molar refractivity (Wildman–Crippen MR) is 47.5 cm³/mol. The zero-order chi connectivity index (χ0) is 11.6. The molecule has 80 valence electrons. The third kappa shape index (κ3) is 2.52. The van der Waals surface area contributed by atoms with Crippen molar-refractivity contribution in [3.05, 3.63) is 34.9 Å². The second-order valence-corrected chi connectivity index (χ2v) is 2.83. The van der Waals surface area contributed by atoms with E-state index in [0.717, 1.165) is 18.2 Å². The second kappa shape index (κ2) is 4.07. The molecule has 0 radical (unpaired) electrons. The molecule has 0 saturated carbocycles. The Kier molecular flexibility index (Phi) is 3.03. The van der Waals surface area contributed by atoms with E-state index >= 15 is 0 Å². The summed E-state index contributed by atoms with van der Waals surface area (Å²) in [6, 6.07) is 2.94. The topological polar surface area (TPSA) is 115 Å². The molecule has 0 aliphatic rings. The lowest BCUT2D eigenvalue weighted by molar-refractivity contribution is -0.0425. The van der Waals surface area contributed by atoms with Gasteiger partial charge in [0.25, 0.3) is 0 Å². The zero-order valence-corrected chi connectivity index (χ0v) is 7.41. The average Bonchev–Trinajstić information content (AvgIpc) is 2.16. The second-order valence-electron chi connectivity index (χ2n) is 2.83. The lowest BCUT2D eigenvalue weighted by atomic mass is 10.1. The van der Waals surface area contributed by atoms with Gasteiger partial charge in [0.15, 0.2) is 6.29 Å². The van der Waals surface area contributed by atoms with Gasteiger partial charge in [-0.2, -0.15) is 0 Å². The summed E-state index contributed by atoms with van der Waals surface area (Å²) < 4.78 is 0. The van der Waals surface area contributed by atoms with Crippen molar-refractivity contribution in [2.45, 2.75) is 6.29 Å². The Morgan fingerprint density at radius 3 is 1.60 bits per heavy atom. The summed E-state index contributed by atoms with van der Waals surface area (Å²) in [5, 5.41) is 34.9. The summed E-state index contributed by atoms with van der Waals surface area (Å²) in [7, 11) is 0. The maximum Gasteiger partial charge on any atom is 0.335 e. The molecule has 4 N–H and O–H groups in total. The Bertz CT molecular complexity index is 377. The molecule has 0 saturated heterocycles. The van der Waals surface area contributed by atoms with E-state index in [4.69, 9.17) is 20.4 Å².